The minimum Gasteiger partial charge on any atom is -0.478 e. The summed E-state index contributed by atoms with van der Waals surface area (Å²) < 4.78 is 4.23. The molecule has 1 N–H and O–H groups in total. The third kappa shape index (κ3) is 4.87. The standard InChI is InChI=1S/C9H10O5/c1-3-6(2)9(13)14-8(12)5-4-7(10)11/h4-5H,2-3H2,1H3,(H,10,11)/b5-4-. The number of hydrogen-bond acceptors (Lipinski definition) is 4. The zero-order valence-corrected chi connectivity index (χ0v) is 7.65. The van der Waals surface area contributed by atoms with Crippen LogP contribution in [-0.4, -0.2) is 23.0 Å². The minimum atomic E-state index is -1.29. The summed E-state index contributed by atoms with van der Waals surface area (Å²) in [7, 11) is 0. The minimum absolute atomic E-state index is 0.155. The molecule has 5 nitrogen and oxygen atoms in total. The number of aliphatic carboxylic acids is 1. The van der Waals surface area contributed by atoms with Crippen molar-refractivity contribution in [2.24, 2.45) is 0 Å². The van der Waals surface area contributed by atoms with Gasteiger partial charge in [-0.2, -0.15) is 0 Å². The summed E-state index contributed by atoms with van der Waals surface area (Å²) in [6.07, 6.45) is 1.61. The Morgan fingerprint density at radius 3 is 2.36 bits per heavy atom. The normalized spacial score (nSPS) is 9.79. The molecule has 0 fully saturated rings. The van der Waals surface area contributed by atoms with Gasteiger partial charge in [0.25, 0.3) is 0 Å². The molecule has 0 amide bonds. The van der Waals surface area contributed by atoms with E-state index in [0.29, 0.717) is 18.6 Å². The van der Waals surface area contributed by atoms with Crippen LogP contribution in [0.2, 0.25) is 0 Å². The van der Waals surface area contributed by atoms with E-state index in [1.807, 2.05) is 0 Å². The van der Waals surface area contributed by atoms with E-state index in [9.17, 15) is 14.4 Å². The molecule has 0 aliphatic rings. The maximum absolute atomic E-state index is 10.9. The quantitative estimate of drug-likeness (QED) is 0.407. The van der Waals surface area contributed by atoms with Gasteiger partial charge in [0.2, 0.25) is 0 Å². The predicted molar refractivity (Wildman–Crippen MR) is 47.3 cm³/mol. The Labute approximate surface area is 80.7 Å². The molecule has 0 radical (unpaired) electrons. The van der Waals surface area contributed by atoms with Crippen molar-refractivity contribution in [3.8, 4) is 0 Å². The molecule has 0 bridgehead atoms. The van der Waals surface area contributed by atoms with Crippen LogP contribution in [0, 0.1) is 0 Å². The third-order valence-corrected chi connectivity index (χ3v) is 1.27. The van der Waals surface area contributed by atoms with Crippen LogP contribution in [0.15, 0.2) is 24.3 Å². The number of carbonyl (C=O) groups excluding carboxylic acids is 2. The second-order valence-electron chi connectivity index (χ2n) is 2.34. The summed E-state index contributed by atoms with van der Waals surface area (Å²) in [6.45, 7) is 5.04. The van der Waals surface area contributed by atoms with Crippen LogP contribution in [0.4, 0.5) is 0 Å². The summed E-state index contributed by atoms with van der Waals surface area (Å²) in [5.74, 6) is -3.15. The second kappa shape index (κ2) is 5.69. The highest BCUT2D eigenvalue weighted by atomic mass is 16.6. The summed E-state index contributed by atoms with van der Waals surface area (Å²) in [5, 5.41) is 8.15. The Hall–Kier alpha value is -1.91. The number of carbonyl (C=O) groups is 3. The first-order valence-corrected chi connectivity index (χ1v) is 3.82. The lowest BCUT2D eigenvalue weighted by Gasteiger charge is -1.99. The van der Waals surface area contributed by atoms with Crippen LogP contribution >= 0.6 is 0 Å². The Morgan fingerprint density at radius 2 is 1.93 bits per heavy atom. The van der Waals surface area contributed by atoms with Crippen LogP contribution < -0.4 is 0 Å². The number of hydrogen-bond donors (Lipinski definition) is 1. The van der Waals surface area contributed by atoms with Crippen LogP contribution in [0.5, 0.6) is 0 Å². The van der Waals surface area contributed by atoms with Crippen molar-refractivity contribution in [1.29, 1.82) is 0 Å². The van der Waals surface area contributed by atoms with E-state index in [1.54, 1.807) is 6.92 Å². The van der Waals surface area contributed by atoms with Gasteiger partial charge in [-0.15, -0.1) is 0 Å². The Bertz CT molecular complexity index is 300. The molecule has 0 unspecified atom stereocenters. The number of esters is 2. The van der Waals surface area contributed by atoms with Gasteiger partial charge in [0.1, 0.15) is 0 Å². The van der Waals surface area contributed by atoms with E-state index in [1.165, 1.54) is 0 Å². The molecule has 5 heteroatoms. The number of ether oxygens (including phenoxy) is 1. The van der Waals surface area contributed by atoms with E-state index in [-0.39, 0.29) is 5.57 Å². The molecular formula is C9H10O5. The summed E-state index contributed by atoms with van der Waals surface area (Å²) in [4.78, 5) is 31.6. The van der Waals surface area contributed by atoms with E-state index in [2.05, 4.69) is 11.3 Å². The van der Waals surface area contributed by atoms with Crippen molar-refractivity contribution in [2.75, 3.05) is 0 Å². The maximum Gasteiger partial charge on any atom is 0.341 e. The molecule has 0 heterocycles. The third-order valence-electron chi connectivity index (χ3n) is 1.27. The molecule has 0 spiro atoms. The first-order chi connectivity index (χ1) is 6.47. The van der Waals surface area contributed by atoms with E-state index < -0.39 is 17.9 Å². The molecular weight excluding hydrogens is 188 g/mol. The average Bonchev–Trinajstić information content (AvgIpc) is 2.13. The van der Waals surface area contributed by atoms with E-state index >= 15 is 0 Å². The van der Waals surface area contributed by atoms with Crippen LogP contribution in [-0.2, 0) is 19.1 Å². The highest BCUT2D eigenvalue weighted by Gasteiger charge is 2.10. The van der Waals surface area contributed by atoms with Crippen molar-refractivity contribution in [3.63, 3.8) is 0 Å². The molecule has 0 aliphatic carbocycles. The molecule has 0 aromatic heterocycles. The van der Waals surface area contributed by atoms with Gasteiger partial charge in [0, 0.05) is 17.7 Å². The topological polar surface area (TPSA) is 80.7 Å². The van der Waals surface area contributed by atoms with Crippen LogP contribution in [0.3, 0.4) is 0 Å². The highest BCUT2D eigenvalue weighted by Crippen LogP contribution is 1.99. The van der Waals surface area contributed by atoms with Gasteiger partial charge in [-0.05, 0) is 6.42 Å². The van der Waals surface area contributed by atoms with Crippen molar-refractivity contribution in [3.05, 3.63) is 24.3 Å². The van der Waals surface area contributed by atoms with Crippen LogP contribution in [0.1, 0.15) is 13.3 Å². The molecule has 0 aromatic rings. The zero-order valence-electron chi connectivity index (χ0n) is 7.65. The number of rotatable bonds is 4. The lowest BCUT2D eigenvalue weighted by atomic mass is 10.2. The van der Waals surface area contributed by atoms with E-state index in [4.69, 9.17) is 5.11 Å². The van der Waals surface area contributed by atoms with Gasteiger partial charge >= 0.3 is 17.9 Å². The molecule has 0 aromatic carbocycles. The smallest absolute Gasteiger partial charge is 0.341 e. The number of carboxylic acid groups (broad SMARTS) is 1. The lowest BCUT2D eigenvalue weighted by Crippen LogP contribution is -2.11. The van der Waals surface area contributed by atoms with E-state index in [0.717, 1.165) is 0 Å². The average molecular weight is 198 g/mol. The Balaban J connectivity index is 4.14. The van der Waals surface area contributed by atoms with Crippen molar-refractivity contribution >= 4 is 17.9 Å². The molecule has 0 aliphatic heterocycles. The monoisotopic (exact) mass is 198 g/mol. The lowest BCUT2D eigenvalue weighted by molar-refractivity contribution is -0.153. The first-order valence-electron chi connectivity index (χ1n) is 3.82. The summed E-state index contributed by atoms with van der Waals surface area (Å²) in [6, 6.07) is 0. The van der Waals surface area contributed by atoms with Gasteiger partial charge in [-0.3, -0.25) is 0 Å². The second-order valence-corrected chi connectivity index (χ2v) is 2.34. The number of carboxylic acids is 1. The molecule has 0 saturated heterocycles. The van der Waals surface area contributed by atoms with Crippen molar-refractivity contribution in [1.82, 2.24) is 0 Å². The Kier molecular flexibility index (Phi) is 4.91. The predicted octanol–water partition coefficient (Wildman–Crippen LogP) is 0.663. The van der Waals surface area contributed by atoms with Gasteiger partial charge < -0.3 is 9.84 Å². The molecule has 0 rings (SSSR count). The van der Waals surface area contributed by atoms with Gasteiger partial charge in [-0.25, -0.2) is 14.4 Å². The van der Waals surface area contributed by atoms with Gasteiger partial charge in [0.05, 0.1) is 0 Å². The molecule has 0 saturated carbocycles. The fraction of sp³-hybridized carbons (Fsp3) is 0.222. The summed E-state index contributed by atoms with van der Waals surface area (Å²) >= 11 is 0. The largest absolute Gasteiger partial charge is 0.478 e. The van der Waals surface area contributed by atoms with Crippen molar-refractivity contribution in [2.45, 2.75) is 13.3 Å². The summed E-state index contributed by atoms with van der Waals surface area (Å²) in [5.41, 5.74) is 0.155. The molecule has 14 heavy (non-hydrogen) atoms. The Morgan fingerprint density at radius 1 is 1.36 bits per heavy atom. The van der Waals surface area contributed by atoms with Gasteiger partial charge in [-0.1, -0.05) is 13.5 Å². The fourth-order valence-electron chi connectivity index (χ4n) is 0.481. The molecule has 0 atom stereocenters. The van der Waals surface area contributed by atoms with Crippen LogP contribution in [0.25, 0.3) is 0 Å². The fourth-order valence-corrected chi connectivity index (χ4v) is 0.481. The SMILES string of the molecule is C=C(CC)C(=O)OC(=O)/C=C\C(=O)O. The van der Waals surface area contributed by atoms with Gasteiger partial charge in [0.15, 0.2) is 0 Å². The maximum atomic E-state index is 10.9. The molecule has 76 valence electrons. The first kappa shape index (κ1) is 12.1. The highest BCUT2D eigenvalue weighted by molar-refractivity contribution is 6.00. The van der Waals surface area contributed by atoms with Crippen molar-refractivity contribution < 1.29 is 24.2 Å². The zero-order chi connectivity index (χ0) is 11.1.